The van der Waals surface area contributed by atoms with E-state index in [1.165, 1.54) is 12.8 Å². The average Bonchev–Trinajstić information content (AvgIpc) is 3.11. The molecule has 2 unspecified atom stereocenters. The molecule has 2 fully saturated rings. The third-order valence-electron chi connectivity index (χ3n) is 3.94. The minimum Gasteiger partial charge on any atom is -0.379 e. The SMILES string of the molecule is Fc1c(Br)cccc1CNC1COCC1C1CC1. The summed E-state index contributed by atoms with van der Waals surface area (Å²) >= 11 is 3.22. The molecule has 3 rings (SSSR count). The standard InChI is InChI=1S/C14H17BrFNO/c15-12-3-1-2-10(14(12)16)6-17-13-8-18-7-11(13)9-4-5-9/h1-3,9,11,13,17H,4-8H2. The zero-order valence-corrected chi connectivity index (χ0v) is 11.7. The Labute approximate surface area is 115 Å². The molecule has 2 aliphatic rings. The molecule has 1 aromatic rings. The van der Waals surface area contributed by atoms with Crippen molar-refractivity contribution in [2.24, 2.45) is 11.8 Å². The molecule has 4 heteroatoms. The van der Waals surface area contributed by atoms with Crippen LogP contribution in [0.5, 0.6) is 0 Å². The molecule has 0 bridgehead atoms. The topological polar surface area (TPSA) is 21.3 Å². The fourth-order valence-corrected chi connectivity index (χ4v) is 3.10. The predicted molar refractivity (Wildman–Crippen MR) is 71.8 cm³/mol. The van der Waals surface area contributed by atoms with Crippen LogP contribution in [0.2, 0.25) is 0 Å². The maximum absolute atomic E-state index is 13.8. The van der Waals surface area contributed by atoms with Crippen molar-refractivity contribution in [1.82, 2.24) is 5.32 Å². The predicted octanol–water partition coefficient (Wildman–Crippen LogP) is 3.10. The Balaban J connectivity index is 1.61. The van der Waals surface area contributed by atoms with Gasteiger partial charge in [0.15, 0.2) is 0 Å². The van der Waals surface area contributed by atoms with Gasteiger partial charge in [-0.3, -0.25) is 0 Å². The lowest BCUT2D eigenvalue weighted by Gasteiger charge is -2.19. The van der Waals surface area contributed by atoms with Crippen LogP contribution < -0.4 is 5.32 Å². The molecule has 18 heavy (non-hydrogen) atoms. The summed E-state index contributed by atoms with van der Waals surface area (Å²) in [5, 5.41) is 3.45. The van der Waals surface area contributed by atoms with E-state index in [4.69, 9.17) is 4.74 Å². The first-order valence-corrected chi connectivity index (χ1v) is 7.29. The average molecular weight is 314 g/mol. The van der Waals surface area contributed by atoms with Crippen molar-refractivity contribution < 1.29 is 9.13 Å². The Morgan fingerprint density at radius 1 is 1.33 bits per heavy atom. The van der Waals surface area contributed by atoms with E-state index in [2.05, 4.69) is 21.2 Å². The van der Waals surface area contributed by atoms with E-state index < -0.39 is 0 Å². The quantitative estimate of drug-likeness (QED) is 0.922. The zero-order chi connectivity index (χ0) is 12.5. The van der Waals surface area contributed by atoms with Gasteiger partial charge in [-0.05, 0) is 40.8 Å². The number of rotatable bonds is 4. The van der Waals surface area contributed by atoms with Gasteiger partial charge in [-0.2, -0.15) is 0 Å². The lowest BCUT2D eigenvalue weighted by molar-refractivity contribution is 0.179. The molecule has 2 atom stereocenters. The highest BCUT2D eigenvalue weighted by molar-refractivity contribution is 9.10. The number of hydrogen-bond donors (Lipinski definition) is 1. The third kappa shape index (κ3) is 2.60. The molecule has 2 nitrogen and oxygen atoms in total. The highest BCUT2D eigenvalue weighted by Crippen LogP contribution is 2.40. The van der Waals surface area contributed by atoms with E-state index in [1.807, 2.05) is 12.1 Å². The van der Waals surface area contributed by atoms with Crippen LogP contribution >= 0.6 is 15.9 Å². The van der Waals surface area contributed by atoms with Gasteiger partial charge in [-0.25, -0.2) is 4.39 Å². The summed E-state index contributed by atoms with van der Waals surface area (Å²) in [7, 11) is 0. The van der Waals surface area contributed by atoms with E-state index >= 15 is 0 Å². The fourth-order valence-electron chi connectivity index (χ4n) is 2.70. The third-order valence-corrected chi connectivity index (χ3v) is 4.55. The number of ether oxygens (including phenoxy) is 1. The van der Waals surface area contributed by atoms with Crippen molar-refractivity contribution in [2.75, 3.05) is 13.2 Å². The second-order valence-corrected chi connectivity index (χ2v) is 6.09. The van der Waals surface area contributed by atoms with Crippen LogP contribution in [0.4, 0.5) is 4.39 Å². The monoisotopic (exact) mass is 313 g/mol. The van der Waals surface area contributed by atoms with E-state index in [0.29, 0.717) is 28.5 Å². The van der Waals surface area contributed by atoms with Gasteiger partial charge < -0.3 is 10.1 Å². The van der Waals surface area contributed by atoms with Gasteiger partial charge >= 0.3 is 0 Å². The molecule has 1 saturated heterocycles. The Bertz CT molecular complexity index is 436. The van der Waals surface area contributed by atoms with E-state index in [-0.39, 0.29) is 5.82 Å². The molecule has 1 saturated carbocycles. The first-order valence-electron chi connectivity index (χ1n) is 6.49. The lowest BCUT2D eigenvalue weighted by Crippen LogP contribution is -2.36. The summed E-state index contributed by atoms with van der Waals surface area (Å²) in [6.07, 6.45) is 2.66. The molecule has 98 valence electrons. The maximum atomic E-state index is 13.8. The number of nitrogens with one attached hydrogen (secondary N) is 1. The van der Waals surface area contributed by atoms with Crippen LogP contribution in [0.1, 0.15) is 18.4 Å². The molecular formula is C14H17BrFNO. The minimum absolute atomic E-state index is 0.160. The number of benzene rings is 1. The second kappa shape index (κ2) is 5.27. The van der Waals surface area contributed by atoms with Crippen molar-refractivity contribution >= 4 is 15.9 Å². The van der Waals surface area contributed by atoms with Gasteiger partial charge in [-0.1, -0.05) is 12.1 Å². The first kappa shape index (κ1) is 12.6. The van der Waals surface area contributed by atoms with Crippen molar-refractivity contribution in [2.45, 2.75) is 25.4 Å². The summed E-state index contributed by atoms with van der Waals surface area (Å²) < 4.78 is 19.9. The molecule has 1 N–H and O–H groups in total. The van der Waals surface area contributed by atoms with Crippen molar-refractivity contribution in [3.05, 3.63) is 34.1 Å². The van der Waals surface area contributed by atoms with Gasteiger partial charge in [0.2, 0.25) is 0 Å². The highest BCUT2D eigenvalue weighted by Gasteiger charge is 2.39. The van der Waals surface area contributed by atoms with Crippen LogP contribution in [-0.2, 0) is 11.3 Å². The number of halogens is 2. The smallest absolute Gasteiger partial charge is 0.141 e. The molecule has 1 aliphatic heterocycles. The lowest BCUT2D eigenvalue weighted by atomic mass is 9.98. The zero-order valence-electron chi connectivity index (χ0n) is 10.2. The van der Waals surface area contributed by atoms with Gasteiger partial charge in [0, 0.05) is 24.1 Å². The van der Waals surface area contributed by atoms with Crippen molar-refractivity contribution in [1.29, 1.82) is 0 Å². The van der Waals surface area contributed by atoms with Gasteiger partial charge in [0.25, 0.3) is 0 Å². The van der Waals surface area contributed by atoms with Crippen LogP contribution in [0.3, 0.4) is 0 Å². The number of hydrogen-bond acceptors (Lipinski definition) is 2. The summed E-state index contributed by atoms with van der Waals surface area (Å²) in [5.41, 5.74) is 0.714. The minimum atomic E-state index is -0.160. The van der Waals surface area contributed by atoms with E-state index in [1.54, 1.807) is 6.07 Å². The van der Waals surface area contributed by atoms with E-state index in [9.17, 15) is 4.39 Å². The highest BCUT2D eigenvalue weighted by atomic mass is 79.9. The summed E-state index contributed by atoms with van der Waals surface area (Å²) in [5.74, 6) is 1.30. The molecule has 1 aromatic carbocycles. The Hall–Kier alpha value is -0.450. The maximum Gasteiger partial charge on any atom is 0.141 e. The van der Waals surface area contributed by atoms with Gasteiger partial charge in [-0.15, -0.1) is 0 Å². The molecule has 0 amide bonds. The normalized spacial score (nSPS) is 27.7. The van der Waals surface area contributed by atoms with Crippen LogP contribution in [0.15, 0.2) is 22.7 Å². The molecule has 0 aromatic heterocycles. The Morgan fingerprint density at radius 3 is 2.94 bits per heavy atom. The largest absolute Gasteiger partial charge is 0.379 e. The molecule has 1 heterocycles. The van der Waals surface area contributed by atoms with Crippen LogP contribution in [0.25, 0.3) is 0 Å². The van der Waals surface area contributed by atoms with Gasteiger partial charge in [0.1, 0.15) is 5.82 Å². The molecule has 1 aliphatic carbocycles. The summed E-state index contributed by atoms with van der Waals surface area (Å²) in [6, 6.07) is 5.81. The van der Waals surface area contributed by atoms with Crippen LogP contribution in [0, 0.1) is 17.7 Å². The molecular weight excluding hydrogens is 297 g/mol. The molecule has 0 spiro atoms. The summed E-state index contributed by atoms with van der Waals surface area (Å²) in [4.78, 5) is 0. The van der Waals surface area contributed by atoms with Crippen molar-refractivity contribution in [3.8, 4) is 0 Å². The first-order chi connectivity index (χ1) is 8.75. The molecule has 0 radical (unpaired) electrons. The van der Waals surface area contributed by atoms with Crippen molar-refractivity contribution in [3.63, 3.8) is 0 Å². The second-order valence-electron chi connectivity index (χ2n) is 5.24. The summed E-state index contributed by atoms with van der Waals surface area (Å²) in [6.45, 7) is 2.20. The Morgan fingerprint density at radius 2 is 2.17 bits per heavy atom. The van der Waals surface area contributed by atoms with Crippen LogP contribution in [-0.4, -0.2) is 19.3 Å². The fraction of sp³-hybridized carbons (Fsp3) is 0.571. The van der Waals surface area contributed by atoms with E-state index in [0.717, 1.165) is 19.1 Å². The Kier molecular flexibility index (Phi) is 3.68. The van der Waals surface area contributed by atoms with Gasteiger partial charge in [0.05, 0.1) is 17.7 Å².